The van der Waals surface area contributed by atoms with Crippen LogP contribution >= 0.6 is 11.3 Å². The Morgan fingerprint density at radius 1 is 1.39 bits per heavy atom. The molecule has 0 N–H and O–H groups in total. The molecule has 0 aliphatic carbocycles. The van der Waals surface area contributed by atoms with Crippen LogP contribution in [-0.4, -0.2) is 31.5 Å². The normalized spacial score (nSPS) is 18.1. The number of amides is 1. The number of hydrogen-bond acceptors (Lipinski definition) is 5. The van der Waals surface area contributed by atoms with Crippen molar-refractivity contribution in [3.05, 3.63) is 49.7 Å². The van der Waals surface area contributed by atoms with E-state index in [4.69, 9.17) is 0 Å². The highest BCUT2D eigenvalue weighted by Gasteiger charge is 2.29. The predicted molar refractivity (Wildman–Crippen MR) is 86.4 cm³/mol. The van der Waals surface area contributed by atoms with E-state index in [2.05, 4.69) is 4.98 Å². The molecule has 0 unspecified atom stereocenters. The summed E-state index contributed by atoms with van der Waals surface area (Å²) < 4.78 is 2.28. The van der Waals surface area contributed by atoms with Crippen LogP contribution in [0.25, 0.3) is 0 Å². The Balaban J connectivity index is 1.83. The summed E-state index contributed by atoms with van der Waals surface area (Å²) >= 11 is 1.55. The molecule has 122 valence electrons. The zero-order chi connectivity index (χ0) is 16.4. The Bertz CT molecular complexity index is 809. The van der Waals surface area contributed by atoms with E-state index in [1.807, 2.05) is 5.38 Å². The summed E-state index contributed by atoms with van der Waals surface area (Å²) in [6, 6.07) is 1.28. The first-order valence-electron chi connectivity index (χ1n) is 7.53. The van der Waals surface area contributed by atoms with Crippen molar-refractivity contribution in [3.8, 4) is 0 Å². The highest BCUT2D eigenvalue weighted by molar-refractivity contribution is 7.09. The van der Waals surface area contributed by atoms with Crippen molar-refractivity contribution in [1.82, 2.24) is 19.0 Å². The van der Waals surface area contributed by atoms with E-state index in [0.29, 0.717) is 6.54 Å². The molecule has 1 amide bonds. The first kappa shape index (κ1) is 15.7. The Morgan fingerprint density at radius 2 is 2.22 bits per heavy atom. The number of piperidine rings is 1. The molecule has 23 heavy (non-hydrogen) atoms. The summed E-state index contributed by atoms with van der Waals surface area (Å²) in [5.41, 5.74) is -0.856. The topological polar surface area (TPSA) is 77.2 Å². The molecule has 0 spiro atoms. The molecule has 1 aliphatic heterocycles. The number of rotatable bonds is 3. The third-order valence-corrected chi connectivity index (χ3v) is 5.00. The van der Waals surface area contributed by atoms with Crippen LogP contribution in [-0.2, 0) is 18.4 Å². The average molecular weight is 334 g/mol. The monoisotopic (exact) mass is 334 g/mol. The second-order valence-corrected chi connectivity index (χ2v) is 6.52. The molecule has 2 aromatic rings. The van der Waals surface area contributed by atoms with Gasteiger partial charge < -0.3 is 4.90 Å². The van der Waals surface area contributed by atoms with Crippen molar-refractivity contribution >= 4 is 17.2 Å². The van der Waals surface area contributed by atoms with Gasteiger partial charge in [-0.1, -0.05) is 0 Å². The quantitative estimate of drug-likeness (QED) is 0.830. The Hall–Kier alpha value is -2.22. The number of hydrogen-bond donors (Lipinski definition) is 0. The lowest BCUT2D eigenvalue weighted by Crippen LogP contribution is -2.44. The first-order valence-corrected chi connectivity index (χ1v) is 8.41. The summed E-state index contributed by atoms with van der Waals surface area (Å²) in [6.45, 7) is 0.610. The lowest BCUT2D eigenvalue weighted by atomic mass is 10.0. The van der Waals surface area contributed by atoms with Crippen molar-refractivity contribution in [2.45, 2.75) is 31.8 Å². The van der Waals surface area contributed by atoms with E-state index >= 15 is 0 Å². The summed E-state index contributed by atoms with van der Waals surface area (Å²) in [7, 11) is 1.41. The molecule has 3 heterocycles. The molecule has 1 atom stereocenters. The number of aromatic nitrogens is 3. The highest BCUT2D eigenvalue weighted by atomic mass is 32.1. The molecule has 1 fully saturated rings. The van der Waals surface area contributed by atoms with Crippen LogP contribution < -0.4 is 11.2 Å². The van der Waals surface area contributed by atoms with Crippen molar-refractivity contribution in [2.24, 2.45) is 7.05 Å². The largest absolute Gasteiger partial charge is 0.332 e. The summed E-state index contributed by atoms with van der Waals surface area (Å²) in [4.78, 5) is 42.3. The second-order valence-electron chi connectivity index (χ2n) is 5.59. The lowest BCUT2D eigenvalue weighted by molar-refractivity contribution is -0.135. The summed E-state index contributed by atoms with van der Waals surface area (Å²) in [5, 5.41) is 2.84. The maximum atomic E-state index is 12.7. The third kappa shape index (κ3) is 3.12. The van der Waals surface area contributed by atoms with Gasteiger partial charge in [-0.25, -0.2) is 9.78 Å². The van der Waals surface area contributed by atoms with Gasteiger partial charge in [0, 0.05) is 37.4 Å². The summed E-state index contributed by atoms with van der Waals surface area (Å²) in [6.07, 6.45) is 6.03. The fourth-order valence-electron chi connectivity index (χ4n) is 2.86. The number of carbonyl (C=O) groups is 1. The molecule has 3 rings (SSSR count). The van der Waals surface area contributed by atoms with E-state index < -0.39 is 5.69 Å². The Morgan fingerprint density at radius 3 is 2.96 bits per heavy atom. The molecule has 0 aromatic carbocycles. The minimum absolute atomic E-state index is 0.0144. The molecular formula is C15H18N4O3S. The lowest BCUT2D eigenvalue weighted by Gasteiger charge is -2.34. The number of likely N-dealkylation sites (tertiary alicyclic amines) is 1. The highest BCUT2D eigenvalue weighted by Crippen LogP contribution is 2.32. The molecule has 0 saturated carbocycles. The van der Waals surface area contributed by atoms with Gasteiger partial charge in [0.15, 0.2) is 0 Å². The third-order valence-electron chi connectivity index (χ3n) is 4.13. The van der Waals surface area contributed by atoms with Gasteiger partial charge in [0.1, 0.15) is 11.6 Å². The van der Waals surface area contributed by atoms with Crippen LogP contribution in [0.1, 0.15) is 30.3 Å². The van der Waals surface area contributed by atoms with E-state index in [0.717, 1.165) is 28.8 Å². The maximum Gasteiger partial charge on any atom is 0.331 e. The Kier molecular flexibility index (Phi) is 4.42. The van der Waals surface area contributed by atoms with E-state index in [9.17, 15) is 14.4 Å². The predicted octanol–water partition coefficient (Wildman–Crippen LogP) is 0.757. The molecular weight excluding hydrogens is 316 g/mol. The molecule has 2 aromatic heterocycles. The van der Waals surface area contributed by atoms with E-state index in [-0.39, 0.29) is 24.1 Å². The van der Waals surface area contributed by atoms with Crippen LogP contribution in [0.4, 0.5) is 0 Å². The number of carbonyl (C=O) groups excluding carboxylic acids is 1. The van der Waals surface area contributed by atoms with Crippen LogP contribution in [0.3, 0.4) is 0 Å². The SMILES string of the molecule is Cn1c(=O)ccn(CC(=O)N2CCCC[C@H]2c2nccs2)c1=O. The standard InChI is InChI=1S/C15H18N4O3S/c1-17-12(20)5-8-18(15(17)22)10-13(21)19-7-3-2-4-11(19)14-16-6-9-23-14/h5-6,8-9,11H,2-4,7,10H2,1H3/t11-/m0/s1. The van der Waals surface area contributed by atoms with Gasteiger partial charge in [0.2, 0.25) is 5.91 Å². The average Bonchev–Trinajstić information content (AvgIpc) is 3.10. The minimum atomic E-state index is -0.478. The molecule has 7 nitrogen and oxygen atoms in total. The Labute approximate surface area is 136 Å². The molecule has 0 radical (unpaired) electrons. The van der Waals surface area contributed by atoms with E-state index in [1.54, 1.807) is 22.4 Å². The van der Waals surface area contributed by atoms with Crippen molar-refractivity contribution < 1.29 is 4.79 Å². The first-order chi connectivity index (χ1) is 11.1. The number of nitrogens with zero attached hydrogens (tertiary/aromatic N) is 4. The van der Waals surface area contributed by atoms with Crippen molar-refractivity contribution in [2.75, 3.05) is 6.54 Å². The zero-order valence-electron chi connectivity index (χ0n) is 12.8. The fraction of sp³-hybridized carbons (Fsp3) is 0.467. The van der Waals surface area contributed by atoms with Crippen LogP contribution in [0.15, 0.2) is 33.4 Å². The van der Waals surface area contributed by atoms with Gasteiger partial charge in [0.25, 0.3) is 5.56 Å². The van der Waals surface area contributed by atoms with Gasteiger partial charge >= 0.3 is 5.69 Å². The van der Waals surface area contributed by atoms with Crippen LogP contribution in [0.5, 0.6) is 0 Å². The smallest absolute Gasteiger partial charge is 0.331 e. The maximum absolute atomic E-state index is 12.7. The summed E-state index contributed by atoms with van der Waals surface area (Å²) in [5.74, 6) is -0.120. The minimum Gasteiger partial charge on any atom is -0.332 e. The van der Waals surface area contributed by atoms with Crippen LogP contribution in [0.2, 0.25) is 0 Å². The number of thiazole rings is 1. The van der Waals surface area contributed by atoms with Crippen molar-refractivity contribution in [1.29, 1.82) is 0 Å². The van der Waals surface area contributed by atoms with Gasteiger partial charge in [-0.3, -0.25) is 18.7 Å². The molecule has 8 heteroatoms. The van der Waals surface area contributed by atoms with Gasteiger partial charge in [-0.2, -0.15) is 0 Å². The van der Waals surface area contributed by atoms with Gasteiger partial charge in [-0.15, -0.1) is 11.3 Å². The second kappa shape index (κ2) is 6.49. The molecule has 1 aliphatic rings. The fourth-order valence-corrected chi connectivity index (χ4v) is 3.64. The van der Waals surface area contributed by atoms with Gasteiger partial charge in [-0.05, 0) is 19.3 Å². The van der Waals surface area contributed by atoms with Gasteiger partial charge in [0.05, 0.1) is 6.04 Å². The van der Waals surface area contributed by atoms with E-state index in [1.165, 1.54) is 23.9 Å². The van der Waals surface area contributed by atoms with Crippen molar-refractivity contribution in [3.63, 3.8) is 0 Å². The zero-order valence-corrected chi connectivity index (χ0v) is 13.7. The molecule has 1 saturated heterocycles. The molecule has 0 bridgehead atoms. The van der Waals surface area contributed by atoms with Crippen LogP contribution in [0, 0.1) is 0 Å².